The van der Waals surface area contributed by atoms with Crippen LogP contribution in [0.25, 0.3) is 0 Å². The normalized spacial score (nSPS) is 21.6. The van der Waals surface area contributed by atoms with Crippen LogP contribution in [-0.4, -0.2) is 23.0 Å². The smallest absolute Gasteiger partial charge is 0.0625 e. The number of nitrogens with zero attached hydrogens (tertiary/aromatic N) is 3. The maximum atomic E-state index is 8.71. The molecule has 1 aliphatic heterocycles. The second-order valence-electron chi connectivity index (χ2n) is 4.43. The Morgan fingerprint density at radius 2 is 2.44 bits per heavy atom. The lowest BCUT2D eigenvalue weighted by Gasteiger charge is -2.31. The number of aromatic nitrogens is 1. The van der Waals surface area contributed by atoms with Crippen LogP contribution >= 0.6 is 0 Å². The first-order chi connectivity index (χ1) is 7.88. The molecule has 1 aromatic rings. The van der Waals surface area contributed by atoms with E-state index in [1.807, 2.05) is 18.3 Å². The lowest BCUT2D eigenvalue weighted by Crippen LogP contribution is -2.34. The minimum atomic E-state index is 0.558. The van der Waals surface area contributed by atoms with Crippen LogP contribution in [0.5, 0.6) is 0 Å². The zero-order valence-electron chi connectivity index (χ0n) is 9.47. The van der Waals surface area contributed by atoms with Gasteiger partial charge in [-0.05, 0) is 37.4 Å². The molecule has 2 heterocycles. The molecule has 0 N–H and O–H groups in total. The van der Waals surface area contributed by atoms with Crippen molar-refractivity contribution in [2.24, 2.45) is 5.92 Å². The third kappa shape index (κ3) is 3.04. The maximum Gasteiger partial charge on any atom is 0.0625 e. The van der Waals surface area contributed by atoms with Gasteiger partial charge < -0.3 is 0 Å². The number of likely N-dealkylation sites (tertiary alicyclic amines) is 1. The maximum absolute atomic E-state index is 8.71. The molecule has 1 aromatic heterocycles. The fourth-order valence-corrected chi connectivity index (χ4v) is 2.31. The molecular formula is C13H17N3. The Kier molecular flexibility index (Phi) is 3.90. The third-order valence-electron chi connectivity index (χ3n) is 3.09. The van der Waals surface area contributed by atoms with Crippen molar-refractivity contribution in [3.63, 3.8) is 0 Å². The van der Waals surface area contributed by atoms with Crippen LogP contribution in [0.1, 0.15) is 25.0 Å². The summed E-state index contributed by atoms with van der Waals surface area (Å²) < 4.78 is 0. The number of rotatable bonds is 3. The highest BCUT2D eigenvalue weighted by molar-refractivity contribution is 5.03. The lowest BCUT2D eigenvalue weighted by atomic mass is 9.95. The molecule has 1 unspecified atom stereocenters. The second-order valence-corrected chi connectivity index (χ2v) is 4.43. The quantitative estimate of drug-likeness (QED) is 0.776. The van der Waals surface area contributed by atoms with Gasteiger partial charge in [-0.2, -0.15) is 5.26 Å². The summed E-state index contributed by atoms with van der Waals surface area (Å²) in [4.78, 5) is 6.75. The molecule has 3 nitrogen and oxygen atoms in total. The van der Waals surface area contributed by atoms with Crippen LogP contribution in [0.3, 0.4) is 0 Å². The summed E-state index contributed by atoms with van der Waals surface area (Å²) in [6, 6.07) is 8.31. The summed E-state index contributed by atoms with van der Waals surface area (Å²) in [6.07, 6.45) is 4.94. The Morgan fingerprint density at radius 1 is 1.50 bits per heavy atom. The molecule has 0 amide bonds. The van der Waals surface area contributed by atoms with Crippen molar-refractivity contribution >= 4 is 0 Å². The molecule has 0 bridgehead atoms. The Labute approximate surface area is 96.7 Å². The van der Waals surface area contributed by atoms with E-state index in [1.165, 1.54) is 12.8 Å². The van der Waals surface area contributed by atoms with Crippen LogP contribution in [0.15, 0.2) is 24.4 Å². The molecule has 1 fully saturated rings. The Hall–Kier alpha value is -1.40. The first kappa shape index (κ1) is 11.1. The number of pyridine rings is 1. The molecule has 1 aliphatic rings. The van der Waals surface area contributed by atoms with Crippen molar-refractivity contribution in [1.29, 1.82) is 5.26 Å². The Morgan fingerprint density at radius 3 is 3.19 bits per heavy atom. The average Bonchev–Trinajstić information content (AvgIpc) is 2.31. The highest BCUT2D eigenvalue weighted by atomic mass is 15.1. The van der Waals surface area contributed by atoms with Gasteiger partial charge in [0, 0.05) is 25.7 Å². The fraction of sp³-hybridized carbons (Fsp3) is 0.538. The molecule has 0 saturated carbocycles. The Bertz CT molecular complexity index is 355. The summed E-state index contributed by atoms with van der Waals surface area (Å²) in [5.41, 5.74) is 1.13. The van der Waals surface area contributed by atoms with Gasteiger partial charge in [-0.25, -0.2) is 0 Å². The van der Waals surface area contributed by atoms with Crippen molar-refractivity contribution in [3.8, 4) is 6.07 Å². The first-order valence-corrected chi connectivity index (χ1v) is 5.87. The van der Waals surface area contributed by atoms with Crippen LogP contribution in [0.2, 0.25) is 0 Å². The minimum absolute atomic E-state index is 0.558. The Balaban J connectivity index is 1.88. The van der Waals surface area contributed by atoms with Crippen molar-refractivity contribution in [1.82, 2.24) is 9.88 Å². The number of nitriles is 1. The molecule has 0 aromatic carbocycles. The molecule has 16 heavy (non-hydrogen) atoms. The number of hydrogen-bond acceptors (Lipinski definition) is 3. The van der Waals surface area contributed by atoms with Gasteiger partial charge in [-0.3, -0.25) is 9.88 Å². The van der Waals surface area contributed by atoms with E-state index in [4.69, 9.17) is 5.26 Å². The monoisotopic (exact) mass is 215 g/mol. The SMILES string of the molecule is N#CCC1CCCN(Cc2ccccn2)C1. The number of hydrogen-bond donors (Lipinski definition) is 0. The second kappa shape index (κ2) is 5.62. The molecule has 0 radical (unpaired) electrons. The molecule has 0 spiro atoms. The summed E-state index contributed by atoms with van der Waals surface area (Å²) in [5.74, 6) is 0.558. The van der Waals surface area contributed by atoms with Gasteiger partial charge in [0.2, 0.25) is 0 Å². The zero-order valence-corrected chi connectivity index (χ0v) is 9.47. The number of piperidine rings is 1. The molecule has 3 heteroatoms. The van der Waals surface area contributed by atoms with E-state index < -0.39 is 0 Å². The van der Waals surface area contributed by atoms with Crippen LogP contribution in [0, 0.1) is 17.2 Å². The minimum Gasteiger partial charge on any atom is -0.297 e. The molecule has 84 valence electrons. The molecular weight excluding hydrogens is 198 g/mol. The fourth-order valence-electron chi connectivity index (χ4n) is 2.31. The van der Waals surface area contributed by atoms with Crippen LogP contribution < -0.4 is 0 Å². The van der Waals surface area contributed by atoms with E-state index in [9.17, 15) is 0 Å². The van der Waals surface area contributed by atoms with Crippen molar-refractivity contribution < 1.29 is 0 Å². The van der Waals surface area contributed by atoms with Crippen molar-refractivity contribution in [2.75, 3.05) is 13.1 Å². The van der Waals surface area contributed by atoms with Gasteiger partial charge in [-0.15, -0.1) is 0 Å². The van der Waals surface area contributed by atoms with E-state index in [0.717, 1.165) is 25.3 Å². The highest BCUT2D eigenvalue weighted by Crippen LogP contribution is 2.20. The van der Waals surface area contributed by atoms with E-state index in [-0.39, 0.29) is 0 Å². The van der Waals surface area contributed by atoms with Gasteiger partial charge in [0.1, 0.15) is 0 Å². The topological polar surface area (TPSA) is 39.9 Å². The standard InChI is InChI=1S/C13H17N3/c14-7-6-12-4-3-9-16(10-12)11-13-5-1-2-8-15-13/h1-2,5,8,12H,3-4,6,9-11H2. The highest BCUT2D eigenvalue weighted by Gasteiger charge is 2.19. The summed E-state index contributed by atoms with van der Waals surface area (Å²) in [5, 5.41) is 8.71. The van der Waals surface area contributed by atoms with Crippen LogP contribution in [-0.2, 0) is 6.54 Å². The van der Waals surface area contributed by atoms with Gasteiger partial charge >= 0.3 is 0 Å². The zero-order chi connectivity index (χ0) is 11.2. The molecule has 2 rings (SSSR count). The van der Waals surface area contributed by atoms with Crippen molar-refractivity contribution in [2.45, 2.75) is 25.8 Å². The largest absolute Gasteiger partial charge is 0.297 e. The van der Waals surface area contributed by atoms with Crippen LogP contribution in [0.4, 0.5) is 0 Å². The van der Waals surface area contributed by atoms with E-state index in [0.29, 0.717) is 12.3 Å². The summed E-state index contributed by atoms with van der Waals surface area (Å²) in [7, 11) is 0. The lowest BCUT2D eigenvalue weighted by molar-refractivity contribution is 0.167. The molecule has 0 aliphatic carbocycles. The van der Waals surface area contributed by atoms with Crippen molar-refractivity contribution in [3.05, 3.63) is 30.1 Å². The van der Waals surface area contributed by atoms with Gasteiger partial charge in [-0.1, -0.05) is 6.07 Å². The predicted octanol–water partition coefficient (Wildman–Crippen LogP) is 2.21. The molecule has 1 atom stereocenters. The van der Waals surface area contributed by atoms with Gasteiger partial charge in [0.05, 0.1) is 11.8 Å². The van der Waals surface area contributed by atoms with Gasteiger partial charge in [0.15, 0.2) is 0 Å². The first-order valence-electron chi connectivity index (χ1n) is 5.87. The summed E-state index contributed by atoms with van der Waals surface area (Å²) >= 11 is 0. The third-order valence-corrected chi connectivity index (χ3v) is 3.09. The molecule has 1 saturated heterocycles. The van der Waals surface area contributed by atoms with Gasteiger partial charge in [0.25, 0.3) is 0 Å². The summed E-state index contributed by atoms with van der Waals surface area (Å²) in [6.45, 7) is 3.10. The predicted molar refractivity (Wildman–Crippen MR) is 62.5 cm³/mol. The van der Waals surface area contributed by atoms with E-state index in [1.54, 1.807) is 0 Å². The average molecular weight is 215 g/mol. The van der Waals surface area contributed by atoms with E-state index >= 15 is 0 Å². The van der Waals surface area contributed by atoms with E-state index in [2.05, 4.69) is 22.0 Å².